The molecule has 0 aliphatic rings. The fourth-order valence-corrected chi connectivity index (χ4v) is 1.84. The largest absolute Gasteiger partial charge is 0.497 e. The number of nitrogens with two attached hydrogens (primary N) is 1. The lowest BCUT2D eigenvalue weighted by Gasteiger charge is -2.09. The highest BCUT2D eigenvalue weighted by molar-refractivity contribution is 5.58. The number of ether oxygens (including phenoxy) is 1. The molecular formula is C15H20N4O. The Morgan fingerprint density at radius 1 is 1.25 bits per heavy atom. The molecule has 0 radical (unpaired) electrons. The molecule has 0 fully saturated rings. The van der Waals surface area contributed by atoms with Crippen molar-refractivity contribution in [2.24, 2.45) is 5.73 Å². The lowest BCUT2D eigenvalue weighted by molar-refractivity contribution is 0.415. The van der Waals surface area contributed by atoms with E-state index in [4.69, 9.17) is 10.5 Å². The van der Waals surface area contributed by atoms with E-state index < -0.39 is 0 Å². The molecule has 1 aromatic carbocycles. The first-order valence-corrected chi connectivity index (χ1v) is 6.66. The first-order valence-electron chi connectivity index (χ1n) is 6.66. The minimum absolute atomic E-state index is 0.677. The van der Waals surface area contributed by atoms with Crippen LogP contribution in [0.25, 0.3) is 11.4 Å². The molecular weight excluding hydrogens is 252 g/mol. The zero-order chi connectivity index (χ0) is 14.4. The predicted molar refractivity (Wildman–Crippen MR) is 80.9 cm³/mol. The molecule has 5 heteroatoms. The fourth-order valence-electron chi connectivity index (χ4n) is 1.84. The van der Waals surface area contributed by atoms with Gasteiger partial charge >= 0.3 is 0 Å². The summed E-state index contributed by atoms with van der Waals surface area (Å²) in [6.45, 7) is 3.49. The number of anilines is 1. The van der Waals surface area contributed by atoms with E-state index in [0.29, 0.717) is 6.54 Å². The molecule has 0 saturated carbocycles. The Hall–Kier alpha value is -2.14. The number of rotatable bonds is 6. The molecule has 20 heavy (non-hydrogen) atoms. The van der Waals surface area contributed by atoms with Crippen LogP contribution in [0.4, 0.5) is 5.69 Å². The summed E-state index contributed by atoms with van der Waals surface area (Å²) in [6, 6.07) is 7.72. The molecule has 2 aromatic rings. The normalized spacial score (nSPS) is 10.3. The standard InChI is InChI=1S/C15H20N4O/c1-11-14(17-9-3-8-16)10-18-15(19-11)12-4-6-13(20-2)7-5-12/h4-7,10,17H,3,8-9,16H2,1-2H3. The quantitative estimate of drug-likeness (QED) is 0.789. The van der Waals surface area contributed by atoms with Crippen LogP contribution in [-0.2, 0) is 0 Å². The van der Waals surface area contributed by atoms with Crippen LogP contribution in [0.3, 0.4) is 0 Å². The fraction of sp³-hybridized carbons (Fsp3) is 0.333. The molecule has 3 N–H and O–H groups in total. The highest BCUT2D eigenvalue weighted by Crippen LogP contribution is 2.21. The molecule has 0 bridgehead atoms. The maximum absolute atomic E-state index is 5.47. The van der Waals surface area contributed by atoms with Crippen molar-refractivity contribution in [3.8, 4) is 17.1 Å². The Balaban J connectivity index is 2.14. The SMILES string of the molecule is COc1ccc(-c2ncc(NCCCN)c(C)n2)cc1. The average Bonchev–Trinajstić information content (AvgIpc) is 2.49. The molecule has 1 heterocycles. The molecule has 0 aliphatic heterocycles. The number of benzene rings is 1. The average molecular weight is 272 g/mol. The molecule has 1 aromatic heterocycles. The number of aromatic nitrogens is 2. The Labute approximate surface area is 119 Å². The van der Waals surface area contributed by atoms with E-state index in [2.05, 4.69) is 15.3 Å². The van der Waals surface area contributed by atoms with E-state index in [-0.39, 0.29) is 0 Å². The Bertz CT molecular complexity index is 554. The van der Waals surface area contributed by atoms with E-state index in [9.17, 15) is 0 Å². The van der Waals surface area contributed by atoms with Crippen LogP contribution in [-0.4, -0.2) is 30.2 Å². The van der Waals surface area contributed by atoms with Crippen LogP contribution in [0.2, 0.25) is 0 Å². The molecule has 5 nitrogen and oxygen atoms in total. The third kappa shape index (κ3) is 3.45. The summed E-state index contributed by atoms with van der Waals surface area (Å²) < 4.78 is 5.14. The van der Waals surface area contributed by atoms with Gasteiger partial charge in [-0.15, -0.1) is 0 Å². The van der Waals surface area contributed by atoms with Gasteiger partial charge in [-0.3, -0.25) is 0 Å². The maximum Gasteiger partial charge on any atom is 0.159 e. The third-order valence-corrected chi connectivity index (χ3v) is 3.02. The van der Waals surface area contributed by atoms with Crippen LogP contribution >= 0.6 is 0 Å². The van der Waals surface area contributed by atoms with Crippen molar-refractivity contribution >= 4 is 5.69 Å². The van der Waals surface area contributed by atoms with Crippen molar-refractivity contribution in [3.63, 3.8) is 0 Å². The van der Waals surface area contributed by atoms with Crippen molar-refractivity contribution in [2.75, 3.05) is 25.5 Å². The van der Waals surface area contributed by atoms with Gasteiger partial charge in [0.25, 0.3) is 0 Å². The van der Waals surface area contributed by atoms with Gasteiger partial charge < -0.3 is 15.8 Å². The minimum atomic E-state index is 0.677. The highest BCUT2D eigenvalue weighted by atomic mass is 16.5. The number of hydrogen-bond acceptors (Lipinski definition) is 5. The lowest BCUT2D eigenvalue weighted by Crippen LogP contribution is -2.10. The smallest absolute Gasteiger partial charge is 0.159 e. The van der Waals surface area contributed by atoms with E-state index in [1.807, 2.05) is 37.4 Å². The summed E-state index contributed by atoms with van der Waals surface area (Å²) >= 11 is 0. The second-order valence-electron chi connectivity index (χ2n) is 4.49. The monoisotopic (exact) mass is 272 g/mol. The minimum Gasteiger partial charge on any atom is -0.497 e. The van der Waals surface area contributed by atoms with Gasteiger partial charge in [0.2, 0.25) is 0 Å². The van der Waals surface area contributed by atoms with Gasteiger partial charge in [0.15, 0.2) is 5.82 Å². The Kier molecular flexibility index (Phi) is 4.90. The molecule has 0 saturated heterocycles. The van der Waals surface area contributed by atoms with Crippen LogP contribution in [0.1, 0.15) is 12.1 Å². The van der Waals surface area contributed by atoms with Crippen LogP contribution in [0.5, 0.6) is 5.75 Å². The summed E-state index contributed by atoms with van der Waals surface area (Å²) in [7, 11) is 1.65. The topological polar surface area (TPSA) is 73.1 Å². The van der Waals surface area contributed by atoms with E-state index in [0.717, 1.165) is 41.5 Å². The second kappa shape index (κ2) is 6.86. The first kappa shape index (κ1) is 14.3. The number of nitrogens with one attached hydrogen (secondary N) is 1. The number of aryl methyl sites for hydroxylation is 1. The van der Waals surface area contributed by atoms with Crippen molar-refractivity contribution in [3.05, 3.63) is 36.2 Å². The Morgan fingerprint density at radius 2 is 2.00 bits per heavy atom. The van der Waals surface area contributed by atoms with Crippen molar-refractivity contribution in [1.82, 2.24) is 9.97 Å². The molecule has 106 valence electrons. The van der Waals surface area contributed by atoms with Crippen LogP contribution in [0.15, 0.2) is 30.5 Å². The molecule has 0 unspecified atom stereocenters. The van der Waals surface area contributed by atoms with Gasteiger partial charge in [0.05, 0.1) is 24.7 Å². The van der Waals surface area contributed by atoms with Gasteiger partial charge in [-0.25, -0.2) is 9.97 Å². The van der Waals surface area contributed by atoms with Crippen LogP contribution < -0.4 is 15.8 Å². The highest BCUT2D eigenvalue weighted by Gasteiger charge is 2.05. The summed E-state index contributed by atoms with van der Waals surface area (Å²) in [6.07, 6.45) is 2.75. The van der Waals surface area contributed by atoms with E-state index in [1.54, 1.807) is 7.11 Å². The van der Waals surface area contributed by atoms with Crippen molar-refractivity contribution < 1.29 is 4.74 Å². The molecule has 0 amide bonds. The molecule has 0 spiro atoms. The molecule has 0 aliphatic carbocycles. The van der Waals surface area contributed by atoms with E-state index in [1.165, 1.54) is 0 Å². The van der Waals surface area contributed by atoms with Gasteiger partial charge in [0, 0.05) is 12.1 Å². The molecule has 0 atom stereocenters. The van der Waals surface area contributed by atoms with Gasteiger partial charge in [-0.2, -0.15) is 0 Å². The van der Waals surface area contributed by atoms with Crippen LogP contribution in [0, 0.1) is 6.92 Å². The number of hydrogen-bond donors (Lipinski definition) is 2. The summed E-state index contributed by atoms with van der Waals surface area (Å²) in [5, 5.41) is 3.29. The number of nitrogens with zero attached hydrogens (tertiary/aromatic N) is 2. The summed E-state index contributed by atoms with van der Waals surface area (Å²) in [5.74, 6) is 1.54. The second-order valence-corrected chi connectivity index (χ2v) is 4.49. The predicted octanol–water partition coefficient (Wildman–Crippen LogP) is 2.22. The van der Waals surface area contributed by atoms with Gasteiger partial charge in [0.1, 0.15) is 5.75 Å². The Morgan fingerprint density at radius 3 is 2.60 bits per heavy atom. The first-order chi connectivity index (χ1) is 9.74. The molecule has 2 rings (SSSR count). The number of methoxy groups -OCH3 is 1. The third-order valence-electron chi connectivity index (χ3n) is 3.02. The van der Waals surface area contributed by atoms with Gasteiger partial charge in [-0.1, -0.05) is 0 Å². The van der Waals surface area contributed by atoms with Crippen molar-refractivity contribution in [1.29, 1.82) is 0 Å². The maximum atomic E-state index is 5.47. The summed E-state index contributed by atoms with van der Waals surface area (Å²) in [5.41, 5.74) is 8.33. The lowest BCUT2D eigenvalue weighted by atomic mass is 10.2. The summed E-state index contributed by atoms with van der Waals surface area (Å²) in [4.78, 5) is 8.93. The zero-order valence-electron chi connectivity index (χ0n) is 11.9. The van der Waals surface area contributed by atoms with Gasteiger partial charge in [-0.05, 0) is 44.2 Å². The van der Waals surface area contributed by atoms with Crippen molar-refractivity contribution in [2.45, 2.75) is 13.3 Å². The zero-order valence-corrected chi connectivity index (χ0v) is 11.9. The van der Waals surface area contributed by atoms with E-state index >= 15 is 0 Å².